The predicted octanol–water partition coefficient (Wildman–Crippen LogP) is 4.42. The molecular formula is C23H22N4OSi. The molecule has 5 nitrogen and oxygen atoms in total. The van der Waals surface area contributed by atoms with Crippen LogP contribution in [0.25, 0.3) is 17.1 Å². The van der Waals surface area contributed by atoms with E-state index < -0.39 is 8.07 Å². The molecular weight excluding hydrogens is 376 g/mol. The molecule has 5 rings (SSSR count). The van der Waals surface area contributed by atoms with E-state index in [0.29, 0.717) is 12.3 Å². The Hall–Kier alpha value is -3.25. The minimum Gasteiger partial charge on any atom is -0.442 e. The highest BCUT2D eigenvalue weighted by Gasteiger charge is 2.25. The summed E-state index contributed by atoms with van der Waals surface area (Å²) in [6.45, 7) is 7.64. The van der Waals surface area contributed by atoms with E-state index in [0.717, 1.165) is 33.9 Å². The van der Waals surface area contributed by atoms with Crippen molar-refractivity contribution in [1.82, 2.24) is 14.5 Å². The average Bonchev–Trinajstić information content (AvgIpc) is 3.35. The van der Waals surface area contributed by atoms with Crippen LogP contribution in [0.15, 0.2) is 76.9 Å². The fourth-order valence-corrected chi connectivity index (χ4v) is 4.92. The van der Waals surface area contributed by atoms with Crippen molar-refractivity contribution in [2.75, 3.05) is 0 Å². The molecule has 4 aromatic rings. The van der Waals surface area contributed by atoms with Crippen molar-refractivity contribution >= 4 is 19.0 Å². The molecule has 29 heavy (non-hydrogen) atoms. The first-order valence-electron chi connectivity index (χ1n) is 9.72. The van der Waals surface area contributed by atoms with Gasteiger partial charge < -0.3 is 4.42 Å². The molecule has 2 aromatic carbocycles. The van der Waals surface area contributed by atoms with Gasteiger partial charge in [-0.15, -0.1) is 0 Å². The molecule has 144 valence electrons. The third kappa shape index (κ3) is 3.05. The van der Waals surface area contributed by atoms with Gasteiger partial charge in [0.25, 0.3) is 0 Å². The van der Waals surface area contributed by atoms with Crippen molar-refractivity contribution < 1.29 is 4.42 Å². The fraction of sp³-hybridized carbons (Fsp3) is 0.174. The Balaban J connectivity index is 1.76. The Morgan fingerprint density at radius 3 is 2.59 bits per heavy atom. The van der Waals surface area contributed by atoms with Crippen molar-refractivity contribution in [3.05, 3.63) is 84.3 Å². The van der Waals surface area contributed by atoms with E-state index in [9.17, 15) is 0 Å². The molecule has 0 unspecified atom stereocenters. The van der Waals surface area contributed by atoms with Gasteiger partial charge in [-0.2, -0.15) is 0 Å². The van der Waals surface area contributed by atoms with E-state index in [2.05, 4.69) is 76.6 Å². The van der Waals surface area contributed by atoms with Crippen LogP contribution in [0.1, 0.15) is 16.8 Å². The number of oxazole rings is 1. The maximum atomic E-state index is 5.52. The number of imidazole rings is 1. The van der Waals surface area contributed by atoms with E-state index in [1.165, 1.54) is 11.6 Å². The van der Waals surface area contributed by atoms with Crippen molar-refractivity contribution in [2.45, 2.75) is 26.2 Å². The smallest absolute Gasteiger partial charge is 0.181 e. The molecule has 1 aliphatic heterocycles. The highest BCUT2D eigenvalue weighted by Crippen LogP contribution is 2.30. The monoisotopic (exact) mass is 398 g/mol. The van der Waals surface area contributed by atoms with E-state index in [1.807, 2.05) is 12.4 Å². The van der Waals surface area contributed by atoms with Crippen molar-refractivity contribution in [1.29, 1.82) is 0 Å². The van der Waals surface area contributed by atoms with E-state index in [-0.39, 0.29) is 0 Å². The summed E-state index contributed by atoms with van der Waals surface area (Å²) in [6, 6.07) is 17.2. The van der Waals surface area contributed by atoms with Crippen LogP contribution >= 0.6 is 0 Å². The van der Waals surface area contributed by atoms with Gasteiger partial charge >= 0.3 is 0 Å². The van der Waals surface area contributed by atoms with Gasteiger partial charge in [0.15, 0.2) is 12.2 Å². The van der Waals surface area contributed by atoms with Gasteiger partial charge in [0.2, 0.25) is 0 Å². The normalized spacial score (nSPS) is 13.4. The lowest BCUT2D eigenvalue weighted by Gasteiger charge is -2.20. The Morgan fingerprint density at radius 1 is 1.03 bits per heavy atom. The third-order valence-corrected chi connectivity index (χ3v) is 7.39. The van der Waals surface area contributed by atoms with Crippen LogP contribution in [-0.2, 0) is 6.54 Å². The highest BCUT2D eigenvalue weighted by molar-refractivity contribution is 6.88. The number of rotatable bonds is 3. The Morgan fingerprint density at radius 2 is 1.86 bits per heavy atom. The lowest BCUT2D eigenvalue weighted by Crippen LogP contribution is -2.38. The lowest BCUT2D eigenvalue weighted by atomic mass is 10.0. The molecule has 2 aromatic heterocycles. The zero-order valence-electron chi connectivity index (χ0n) is 16.8. The van der Waals surface area contributed by atoms with Crippen molar-refractivity contribution in [3.63, 3.8) is 0 Å². The minimum atomic E-state index is -1.47. The summed E-state index contributed by atoms with van der Waals surface area (Å²) >= 11 is 0. The van der Waals surface area contributed by atoms with Gasteiger partial charge in [0, 0.05) is 11.1 Å². The van der Waals surface area contributed by atoms with Crippen molar-refractivity contribution in [3.8, 4) is 17.1 Å². The summed E-state index contributed by atoms with van der Waals surface area (Å²) in [5, 5.41) is 1.42. The minimum absolute atomic E-state index is 0.525. The second kappa shape index (κ2) is 6.67. The Kier molecular flexibility index (Phi) is 4.10. The molecule has 3 heterocycles. The quantitative estimate of drug-likeness (QED) is 0.480. The van der Waals surface area contributed by atoms with E-state index >= 15 is 0 Å². The molecule has 1 aliphatic rings. The van der Waals surface area contributed by atoms with Gasteiger partial charge in [0.05, 0.1) is 37.9 Å². The molecule has 6 heteroatoms. The van der Waals surface area contributed by atoms with Crippen LogP contribution in [0.4, 0.5) is 0 Å². The summed E-state index contributed by atoms with van der Waals surface area (Å²) in [7, 11) is -1.47. The standard InChI is InChI=1S/C23H22N4OSi/c1-29(2,3)17-9-10-19-18(11-17)22(16-7-5-4-6-8-16)25-12-20-23(26-14-27(19)20)21-13-24-15-28-21/h4-11,13-15H,12H2,1-3H3. The van der Waals surface area contributed by atoms with Crippen LogP contribution in [0.5, 0.6) is 0 Å². The van der Waals surface area contributed by atoms with E-state index in [4.69, 9.17) is 9.41 Å². The summed E-state index contributed by atoms with van der Waals surface area (Å²) in [6.07, 6.45) is 5.00. The summed E-state index contributed by atoms with van der Waals surface area (Å²) in [5.41, 5.74) is 6.20. The predicted molar refractivity (Wildman–Crippen MR) is 118 cm³/mol. The molecule has 0 atom stereocenters. The maximum Gasteiger partial charge on any atom is 0.181 e. The van der Waals surface area contributed by atoms with Gasteiger partial charge in [-0.1, -0.05) is 67.3 Å². The van der Waals surface area contributed by atoms with Crippen LogP contribution in [0.2, 0.25) is 19.6 Å². The molecule has 0 spiro atoms. The second-order valence-electron chi connectivity index (χ2n) is 8.29. The number of aliphatic imine (C=N–C) groups is 1. The van der Waals surface area contributed by atoms with Gasteiger partial charge in [-0.3, -0.25) is 9.56 Å². The van der Waals surface area contributed by atoms with Crippen LogP contribution in [-0.4, -0.2) is 28.3 Å². The molecule has 0 amide bonds. The fourth-order valence-electron chi connectivity index (χ4n) is 3.76. The van der Waals surface area contributed by atoms with Crippen LogP contribution < -0.4 is 5.19 Å². The summed E-state index contributed by atoms with van der Waals surface area (Å²) in [5.74, 6) is 0.664. The topological polar surface area (TPSA) is 56.2 Å². The maximum absolute atomic E-state index is 5.52. The lowest BCUT2D eigenvalue weighted by molar-refractivity contribution is 0.569. The molecule has 0 N–H and O–H groups in total. The number of aromatic nitrogens is 3. The van der Waals surface area contributed by atoms with E-state index in [1.54, 1.807) is 6.20 Å². The first-order chi connectivity index (χ1) is 14.0. The van der Waals surface area contributed by atoms with Gasteiger partial charge in [-0.05, 0) is 6.07 Å². The van der Waals surface area contributed by atoms with Crippen molar-refractivity contribution in [2.24, 2.45) is 4.99 Å². The number of nitrogens with zero attached hydrogens (tertiary/aromatic N) is 4. The summed E-state index contributed by atoms with van der Waals surface area (Å²) < 4.78 is 7.66. The SMILES string of the molecule is C[Si](C)(C)c1ccc2c(c1)C(c1ccccc1)=NCc1c(-c3cnco3)ncn1-2. The molecule has 0 bridgehead atoms. The first-order valence-corrected chi connectivity index (χ1v) is 13.2. The zero-order chi connectivity index (χ0) is 20.0. The molecule has 0 saturated carbocycles. The highest BCUT2D eigenvalue weighted by atomic mass is 28.3. The number of hydrogen-bond acceptors (Lipinski definition) is 4. The molecule has 0 aliphatic carbocycles. The van der Waals surface area contributed by atoms with Crippen LogP contribution in [0.3, 0.4) is 0 Å². The first kappa shape index (κ1) is 17.8. The molecule has 0 radical (unpaired) electrons. The zero-order valence-corrected chi connectivity index (χ0v) is 17.8. The van der Waals surface area contributed by atoms with Gasteiger partial charge in [0.1, 0.15) is 12.0 Å². The summed E-state index contributed by atoms with van der Waals surface area (Å²) in [4.78, 5) is 13.7. The molecule has 0 fully saturated rings. The average molecular weight is 399 g/mol. The van der Waals surface area contributed by atoms with Gasteiger partial charge in [-0.25, -0.2) is 9.97 Å². The third-order valence-electron chi connectivity index (χ3n) is 5.34. The van der Waals surface area contributed by atoms with Crippen LogP contribution in [0, 0.1) is 0 Å². The number of hydrogen-bond donors (Lipinski definition) is 0. The molecule has 0 saturated heterocycles. The Bertz CT molecular complexity index is 1200. The Labute approximate surface area is 170 Å². The number of benzene rings is 2. The second-order valence-corrected chi connectivity index (χ2v) is 13.4. The largest absolute Gasteiger partial charge is 0.442 e. The number of fused-ring (bicyclic) bond motifs is 3.